The van der Waals surface area contributed by atoms with Gasteiger partial charge in [0.05, 0.1) is 6.10 Å². The van der Waals surface area contributed by atoms with E-state index in [9.17, 15) is 15.0 Å². The minimum Gasteiger partial charge on any atom is -0.508 e. The summed E-state index contributed by atoms with van der Waals surface area (Å²) in [6, 6.07) is 7.16. The molecule has 0 saturated heterocycles. The first-order valence-electron chi connectivity index (χ1n) is 9.67. The van der Waals surface area contributed by atoms with Gasteiger partial charge in [-0.05, 0) is 48.9 Å². The van der Waals surface area contributed by atoms with Gasteiger partial charge in [-0.15, -0.1) is 0 Å². The lowest BCUT2D eigenvalue weighted by atomic mass is 9.92. The lowest BCUT2D eigenvalue weighted by Gasteiger charge is -2.30. The minimum atomic E-state index is -0.736. The molecule has 148 valence electrons. The van der Waals surface area contributed by atoms with Crippen molar-refractivity contribution in [3.05, 3.63) is 47.4 Å². The Morgan fingerprint density at radius 2 is 2.11 bits per heavy atom. The van der Waals surface area contributed by atoms with Crippen LogP contribution >= 0.6 is 0 Å². The highest BCUT2D eigenvalue weighted by atomic mass is 16.3. The second-order valence-electron chi connectivity index (χ2n) is 7.48. The van der Waals surface area contributed by atoms with Crippen LogP contribution in [0.25, 0.3) is 0 Å². The lowest BCUT2D eigenvalue weighted by Crippen LogP contribution is -2.49. The van der Waals surface area contributed by atoms with E-state index >= 15 is 0 Å². The standard InChI is InChI=1S/C20H25N5O3/c26-15-5-4-12-7-16(21-9-13(12)6-15)18(27)10-22-20(28)17-8-19(24-11-23-17)25-14-2-1-3-14/h4-6,8,11,14,16,18,21,26-27H,1-3,7,9-10H2,(H,22,28)(H,23,24,25)/t16-,18+/m0/s1. The summed E-state index contributed by atoms with van der Waals surface area (Å²) in [6.07, 6.45) is 4.73. The molecule has 8 heteroatoms. The summed E-state index contributed by atoms with van der Waals surface area (Å²) in [7, 11) is 0. The summed E-state index contributed by atoms with van der Waals surface area (Å²) >= 11 is 0. The predicted molar refractivity (Wildman–Crippen MR) is 104 cm³/mol. The van der Waals surface area contributed by atoms with Crippen LogP contribution in [0, 0.1) is 0 Å². The van der Waals surface area contributed by atoms with E-state index in [1.165, 1.54) is 12.7 Å². The molecule has 2 aliphatic rings. The van der Waals surface area contributed by atoms with Crippen molar-refractivity contribution >= 4 is 11.7 Å². The molecule has 1 aliphatic carbocycles. The number of hydrogen-bond donors (Lipinski definition) is 5. The minimum absolute atomic E-state index is 0.124. The molecule has 2 heterocycles. The smallest absolute Gasteiger partial charge is 0.270 e. The third-order valence-corrected chi connectivity index (χ3v) is 5.48. The monoisotopic (exact) mass is 383 g/mol. The van der Waals surface area contributed by atoms with Crippen LogP contribution in [0.2, 0.25) is 0 Å². The number of carbonyl (C=O) groups excluding carboxylic acids is 1. The summed E-state index contributed by atoms with van der Waals surface area (Å²) in [5.74, 6) is 0.557. The van der Waals surface area contributed by atoms with Gasteiger partial charge in [-0.25, -0.2) is 9.97 Å². The first kappa shape index (κ1) is 18.6. The summed E-state index contributed by atoms with van der Waals surface area (Å²) in [5.41, 5.74) is 2.40. The second kappa shape index (κ2) is 8.12. The maximum Gasteiger partial charge on any atom is 0.270 e. The number of hydrogen-bond acceptors (Lipinski definition) is 7. The molecule has 8 nitrogen and oxygen atoms in total. The maximum atomic E-state index is 12.4. The third-order valence-electron chi connectivity index (χ3n) is 5.48. The first-order chi connectivity index (χ1) is 13.6. The van der Waals surface area contributed by atoms with Gasteiger partial charge in [0.2, 0.25) is 0 Å². The Morgan fingerprint density at radius 3 is 2.89 bits per heavy atom. The Morgan fingerprint density at radius 1 is 1.25 bits per heavy atom. The number of aliphatic hydroxyl groups excluding tert-OH is 1. The van der Waals surface area contributed by atoms with E-state index in [4.69, 9.17) is 0 Å². The maximum absolute atomic E-state index is 12.4. The molecule has 0 radical (unpaired) electrons. The van der Waals surface area contributed by atoms with Gasteiger partial charge in [0.15, 0.2) is 0 Å². The predicted octanol–water partition coefficient (Wildman–Crippen LogP) is 0.952. The van der Waals surface area contributed by atoms with Gasteiger partial charge >= 0.3 is 0 Å². The van der Waals surface area contributed by atoms with Crippen molar-refractivity contribution in [2.45, 2.75) is 50.4 Å². The Kier molecular flexibility index (Phi) is 5.40. The van der Waals surface area contributed by atoms with E-state index in [1.54, 1.807) is 18.2 Å². The Hall–Kier alpha value is -2.71. The first-order valence-corrected chi connectivity index (χ1v) is 9.67. The number of amides is 1. The van der Waals surface area contributed by atoms with E-state index in [-0.39, 0.29) is 29.9 Å². The average Bonchev–Trinajstić information content (AvgIpc) is 2.68. The molecule has 28 heavy (non-hydrogen) atoms. The summed E-state index contributed by atoms with van der Waals surface area (Å²) in [6.45, 7) is 0.695. The van der Waals surface area contributed by atoms with E-state index in [0.717, 1.165) is 24.0 Å². The highest BCUT2D eigenvalue weighted by molar-refractivity contribution is 5.92. The summed E-state index contributed by atoms with van der Waals surface area (Å²) in [4.78, 5) is 20.6. The van der Waals surface area contributed by atoms with Crippen molar-refractivity contribution in [3.8, 4) is 5.75 Å². The molecule has 2 aromatic rings. The highest BCUT2D eigenvalue weighted by Gasteiger charge is 2.25. The van der Waals surface area contributed by atoms with Gasteiger partial charge in [-0.3, -0.25) is 4.79 Å². The van der Waals surface area contributed by atoms with Crippen LogP contribution in [-0.4, -0.2) is 50.8 Å². The SMILES string of the molecule is O=C(NC[C@@H](O)[C@@H]1Cc2ccc(O)cc2CN1)c1cc(NC2CCC2)ncn1. The number of carbonyl (C=O) groups is 1. The van der Waals surface area contributed by atoms with Crippen LogP contribution in [-0.2, 0) is 13.0 Å². The van der Waals surface area contributed by atoms with Gasteiger partial charge in [0.25, 0.3) is 5.91 Å². The van der Waals surface area contributed by atoms with Gasteiger partial charge in [0, 0.05) is 31.2 Å². The second-order valence-corrected chi connectivity index (χ2v) is 7.48. The Bertz CT molecular complexity index is 855. The molecule has 4 rings (SSSR count). The van der Waals surface area contributed by atoms with Crippen molar-refractivity contribution in [3.63, 3.8) is 0 Å². The van der Waals surface area contributed by atoms with Crippen LogP contribution in [0.5, 0.6) is 5.75 Å². The molecule has 1 amide bonds. The van der Waals surface area contributed by atoms with Crippen LogP contribution < -0.4 is 16.0 Å². The molecule has 0 spiro atoms. The number of aromatic hydroxyl groups is 1. The Labute approximate surface area is 163 Å². The normalized spacial score (nSPS) is 20.0. The zero-order valence-electron chi connectivity index (χ0n) is 15.6. The number of nitrogens with zero attached hydrogens (tertiary/aromatic N) is 2. The van der Waals surface area contributed by atoms with Gasteiger partial charge in [0.1, 0.15) is 23.6 Å². The van der Waals surface area contributed by atoms with Gasteiger partial charge in [-0.2, -0.15) is 0 Å². The molecule has 1 aromatic carbocycles. The molecule has 1 fully saturated rings. The molecular formula is C20H25N5O3. The van der Waals surface area contributed by atoms with E-state index < -0.39 is 6.10 Å². The van der Waals surface area contributed by atoms with Crippen molar-refractivity contribution in [1.82, 2.24) is 20.6 Å². The number of phenolic OH excluding ortho intramolecular Hbond substituents is 1. The summed E-state index contributed by atoms with van der Waals surface area (Å²) in [5, 5.41) is 29.4. The lowest BCUT2D eigenvalue weighted by molar-refractivity contribution is 0.0865. The highest BCUT2D eigenvalue weighted by Crippen LogP contribution is 2.23. The number of phenols is 1. The van der Waals surface area contributed by atoms with Gasteiger partial charge < -0.3 is 26.2 Å². The van der Waals surface area contributed by atoms with Crippen molar-refractivity contribution < 1.29 is 15.0 Å². The largest absolute Gasteiger partial charge is 0.508 e. The fraction of sp³-hybridized carbons (Fsp3) is 0.450. The van der Waals surface area contributed by atoms with E-state index in [2.05, 4.69) is 25.9 Å². The van der Waals surface area contributed by atoms with Gasteiger partial charge in [-0.1, -0.05) is 6.07 Å². The number of nitrogens with one attached hydrogen (secondary N) is 3. The third kappa shape index (κ3) is 4.23. The summed E-state index contributed by atoms with van der Waals surface area (Å²) < 4.78 is 0. The van der Waals surface area contributed by atoms with Crippen molar-refractivity contribution in [2.75, 3.05) is 11.9 Å². The van der Waals surface area contributed by atoms with Crippen LogP contribution in [0.15, 0.2) is 30.6 Å². The molecule has 1 aromatic heterocycles. The van der Waals surface area contributed by atoms with Crippen LogP contribution in [0.1, 0.15) is 40.9 Å². The molecule has 5 N–H and O–H groups in total. The fourth-order valence-corrected chi connectivity index (χ4v) is 3.55. The number of rotatable bonds is 6. The molecule has 0 unspecified atom stereocenters. The molecule has 1 aliphatic heterocycles. The topological polar surface area (TPSA) is 119 Å². The van der Waals surface area contributed by atoms with Crippen LogP contribution in [0.3, 0.4) is 0 Å². The van der Waals surface area contributed by atoms with E-state index in [0.29, 0.717) is 24.8 Å². The fourth-order valence-electron chi connectivity index (χ4n) is 3.55. The quantitative estimate of drug-likeness (QED) is 0.504. The van der Waals surface area contributed by atoms with E-state index in [1.807, 2.05) is 6.07 Å². The number of benzene rings is 1. The number of fused-ring (bicyclic) bond motifs is 1. The average molecular weight is 383 g/mol. The zero-order valence-corrected chi connectivity index (χ0v) is 15.6. The van der Waals surface area contributed by atoms with Crippen molar-refractivity contribution in [1.29, 1.82) is 0 Å². The zero-order chi connectivity index (χ0) is 19.5. The Balaban J connectivity index is 1.31. The number of aliphatic hydroxyl groups is 1. The molecule has 0 bridgehead atoms. The number of aromatic nitrogens is 2. The molecule has 2 atom stereocenters. The molecule has 1 saturated carbocycles. The van der Waals surface area contributed by atoms with Crippen molar-refractivity contribution in [2.24, 2.45) is 0 Å². The van der Waals surface area contributed by atoms with Crippen LogP contribution in [0.4, 0.5) is 5.82 Å². The number of anilines is 1. The molecular weight excluding hydrogens is 358 g/mol.